The van der Waals surface area contributed by atoms with E-state index in [0.29, 0.717) is 17.9 Å². The molecule has 3 heteroatoms. The number of rotatable bonds is 2. The van der Waals surface area contributed by atoms with Crippen molar-refractivity contribution >= 4 is 5.97 Å². The van der Waals surface area contributed by atoms with Crippen molar-refractivity contribution in [2.75, 3.05) is 13.2 Å². The normalized spacial score (nSPS) is 37.7. The van der Waals surface area contributed by atoms with E-state index >= 15 is 0 Å². The van der Waals surface area contributed by atoms with Crippen molar-refractivity contribution in [3.63, 3.8) is 0 Å². The second kappa shape index (κ2) is 4.84. The van der Waals surface area contributed by atoms with Crippen LogP contribution in [0.1, 0.15) is 52.9 Å². The minimum Gasteiger partial charge on any atom is -0.481 e. The Morgan fingerprint density at radius 2 is 1.83 bits per heavy atom. The highest BCUT2D eigenvalue weighted by Crippen LogP contribution is 2.50. The first-order chi connectivity index (χ1) is 8.36. The zero-order valence-corrected chi connectivity index (χ0v) is 11.9. The second-order valence-corrected chi connectivity index (χ2v) is 7.16. The zero-order chi connectivity index (χ0) is 13.4. The van der Waals surface area contributed by atoms with Gasteiger partial charge < -0.3 is 9.84 Å². The maximum Gasteiger partial charge on any atom is 0.310 e. The molecule has 1 aliphatic carbocycles. The van der Waals surface area contributed by atoms with Crippen molar-refractivity contribution in [3.8, 4) is 0 Å². The Kier molecular flexibility index (Phi) is 3.72. The van der Waals surface area contributed by atoms with Crippen molar-refractivity contribution in [1.29, 1.82) is 0 Å². The van der Waals surface area contributed by atoms with Crippen LogP contribution < -0.4 is 0 Å². The molecule has 2 rings (SSSR count). The van der Waals surface area contributed by atoms with Crippen LogP contribution in [-0.4, -0.2) is 24.3 Å². The smallest absolute Gasteiger partial charge is 0.310 e. The average Bonchev–Trinajstić information content (AvgIpc) is 2.81. The zero-order valence-electron chi connectivity index (χ0n) is 11.9. The van der Waals surface area contributed by atoms with Crippen LogP contribution in [0, 0.1) is 22.7 Å². The molecule has 0 aromatic rings. The second-order valence-electron chi connectivity index (χ2n) is 7.16. The molecule has 0 spiro atoms. The third kappa shape index (κ3) is 2.42. The fraction of sp³-hybridized carbons (Fsp3) is 0.933. The summed E-state index contributed by atoms with van der Waals surface area (Å²) in [4.78, 5) is 11.8. The van der Waals surface area contributed by atoms with Crippen LogP contribution >= 0.6 is 0 Å². The van der Waals surface area contributed by atoms with E-state index in [-0.39, 0.29) is 5.92 Å². The highest BCUT2D eigenvalue weighted by atomic mass is 16.5. The van der Waals surface area contributed by atoms with Crippen LogP contribution in [0.2, 0.25) is 0 Å². The number of carboxylic acids is 1. The summed E-state index contributed by atoms with van der Waals surface area (Å²) in [5.74, 6) is 0.300. The van der Waals surface area contributed by atoms with E-state index in [0.717, 1.165) is 38.7 Å². The van der Waals surface area contributed by atoms with E-state index in [9.17, 15) is 9.90 Å². The van der Waals surface area contributed by atoms with E-state index in [1.54, 1.807) is 0 Å². The Morgan fingerprint density at radius 1 is 1.22 bits per heavy atom. The number of carbonyl (C=O) groups is 1. The molecule has 1 heterocycles. The van der Waals surface area contributed by atoms with E-state index in [2.05, 4.69) is 20.8 Å². The Morgan fingerprint density at radius 3 is 2.22 bits per heavy atom. The highest BCUT2D eigenvalue weighted by molar-refractivity contribution is 5.75. The molecule has 1 N–H and O–H groups in total. The van der Waals surface area contributed by atoms with Gasteiger partial charge in [0.2, 0.25) is 0 Å². The molecule has 1 atom stereocenters. The first kappa shape index (κ1) is 13.9. The quantitative estimate of drug-likeness (QED) is 0.822. The van der Waals surface area contributed by atoms with Crippen molar-refractivity contribution < 1.29 is 14.6 Å². The van der Waals surface area contributed by atoms with Gasteiger partial charge in [-0.25, -0.2) is 0 Å². The minimum absolute atomic E-state index is 0.232. The molecule has 0 radical (unpaired) electrons. The molecule has 3 nitrogen and oxygen atoms in total. The van der Waals surface area contributed by atoms with Crippen LogP contribution in [0.4, 0.5) is 0 Å². The summed E-state index contributed by atoms with van der Waals surface area (Å²) < 4.78 is 5.42. The van der Waals surface area contributed by atoms with Crippen molar-refractivity contribution in [1.82, 2.24) is 0 Å². The number of ether oxygens (including phenoxy) is 1. The number of hydrogen-bond donors (Lipinski definition) is 1. The molecule has 2 aliphatic rings. The molecule has 1 unspecified atom stereocenters. The topological polar surface area (TPSA) is 46.5 Å². The van der Waals surface area contributed by atoms with Gasteiger partial charge in [0.15, 0.2) is 0 Å². The SMILES string of the molecule is CC(C)(C)C1CCC(C(=O)O)(C2CCOC2)CC1. The number of hydrogen-bond acceptors (Lipinski definition) is 2. The molecule has 18 heavy (non-hydrogen) atoms. The summed E-state index contributed by atoms with van der Waals surface area (Å²) in [6.07, 6.45) is 4.68. The highest BCUT2D eigenvalue weighted by Gasteiger charge is 2.50. The van der Waals surface area contributed by atoms with Gasteiger partial charge >= 0.3 is 5.97 Å². The van der Waals surface area contributed by atoms with Gasteiger partial charge in [-0.15, -0.1) is 0 Å². The Bertz CT molecular complexity index is 302. The lowest BCUT2D eigenvalue weighted by Crippen LogP contribution is -2.43. The first-order valence-corrected chi connectivity index (χ1v) is 7.17. The summed E-state index contributed by atoms with van der Waals surface area (Å²) in [6, 6.07) is 0. The van der Waals surface area contributed by atoms with Gasteiger partial charge in [0, 0.05) is 12.5 Å². The van der Waals surface area contributed by atoms with Gasteiger partial charge in [-0.1, -0.05) is 20.8 Å². The molecule has 1 aliphatic heterocycles. The van der Waals surface area contributed by atoms with Gasteiger partial charge in [0.1, 0.15) is 0 Å². The van der Waals surface area contributed by atoms with Crippen molar-refractivity contribution in [3.05, 3.63) is 0 Å². The molecule has 1 saturated heterocycles. The Hall–Kier alpha value is -0.570. The van der Waals surface area contributed by atoms with E-state index in [1.165, 1.54) is 0 Å². The van der Waals surface area contributed by atoms with Gasteiger partial charge in [-0.3, -0.25) is 4.79 Å². The maximum absolute atomic E-state index is 11.8. The molecular weight excluding hydrogens is 228 g/mol. The van der Waals surface area contributed by atoms with Crippen LogP contribution in [0.25, 0.3) is 0 Å². The predicted octanol–water partition coefficient (Wildman–Crippen LogP) is 3.33. The monoisotopic (exact) mass is 254 g/mol. The van der Waals surface area contributed by atoms with Crippen LogP contribution in [0.5, 0.6) is 0 Å². The molecule has 1 saturated carbocycles. The Balaban J connectivity index is 2.09. The lowest BCUT2D eigenvalue weighted by Gasteiger charge is -2.44. The van der Waals surface area contributed by atoms with E-state index in [1.807, 2.05) is 0 Å². The summed E-state index contributed by atoms with van der Waals surface area (Å²) >= 11 is 0. The lowest BCUT2D eigenvalue weighted by molar-refractivity contribution is -0.157. The molecule has 0 aromatic heterocycles. The summed E-state index contributed by atoms with van der Waals surface area (Å²) in [5.41, 5.74) is -0.199. The molecular formula is C15H26O3. The summed E-state index contributed by atoms with van der Waals surface area (Å²) in [6.45, 7) is 8.19. The van der Waals surface area contributed by atoms with Crippen LogP contribution in [0.15, 0.2) is 0 Å². The Labute approximate surface area is 110 Å². The van der Waals surface area contributed by atoms with Crippen LogP contribution in [0.3, 0.4) is 0 Å². The van der Waals surface area contributed by atoms with Crippen LogP contribution in [-0.2, 0) is 9.53 Å². The average molecular weight is 254 g/mol. The van der Waals surface area contributed by atoms with Crippen molar-refractivity contribution in [2.45, 2.75) is 52.9 Å². The third-order valence-corrected chi connectivity index (χ3v) is 5.24. The third-order valence-electron chi connectivity index (χ3n) is 5.24. The lowest BCUT2D eigenvalue weighted by atomic mass is 9.59. The standard InChI is InChI=1S/C15H26O3/c1-14(2,3)11-4-7-15(8-5-11,13(16)17)12-6-9-18-10-12/h11-12H,4-10H2,1-3H3,(H,16,17). The molecule has 104 valence electrons. The van der Waals surface area contributed by atoms with E-state index < -0.39 is 11.4 Å². The summed E-state index contributed by atoms with van der Waals surface area (Å²) in [7, 11) is 0. The number of aliphatic carboxylic acids is 1. The first-order valence-electron chi connectivity index (χ1n) is 7.17. The predicted molar refractivity (Wildman–Crippen MR) is 70.4 cm³/mol. The maximum atomic E-state index is 11.8. The van der Waals surface area contributed by atoms with Gasteiger partial charge in [0.25, 0.3) is 0 Å². The molecule has 0 bridgehead atoms. The fourth-order valence-corrected chi connectivity index (χ4v) is 3.77. The van der Waals surface area contributed by atoms with Gasteiger partial charge in [-0.2, -0.15) is 0 Å². The number of carboxylic acid groups (broad SMARTS) is 1. The van der Waals surface area contributed by atoms with E-state index in [4.69, 9.17) is 4.74 Å². The van der Waals surface area contributed by atoms with Crippen molar-refractivity contribution in [2.24, 2.45) is 22.7 Å². The van der Waals surface area contributed by atoms with Gasteiger partial charge in [0.05, 0.1) is 12.0 Å². The molecule has 0 aromatic carbocycles. The molecule has 0 amide bonds. The largest absolute Gasteiger partial charge is 0.481 e. The minimum atomic E-state index is -0.592. The molecule has 2 fully saturated rings. The fourth-order valence-electron chi connectivity index (χ4n) is 3.77. The van der Waals surface area contributed by atoms with Gasteiger partial charge in [-0.05, 0) is 43.4 Å². The summed E-state index contributed by atoms with van der Waals surface area (Å²) in [5, 5.41) is 9.68.